The molecule has 4 nitrogen and oxygen atoms in total. The Bertz CT molecular complexity index is 805. The van der Waals surface area contributed by atoms with Gasteiger partial charge in [0.2, 0.25) is 0 Å². The van der Waals surface area contributed by atoms with Crippen molar-refractivity contribution in [1.29, 1.82) is 0 Å². The van der Waals surface area contributed by atoms with Gasteiger partial charge < -0.3 is 14.5 Å². The summed E-state index contributed by atoms with van der Waals surface area (Å²) in [6.45, 7) is 4.20. The van der Waals surface area contributed by atoms with E-state index in [4.69, 9.17) is 4.74 Å². The lowest BCUT2D eigenvalue weighted by Gasteiger charge is -2.36. The van der Waals surface area contributed by atoms with Gasteiger partial charge in [-0.25, -0.2) is 13.2 Å². The van der Waals surface area contributed by atoms with Gasteiger partial charge in [-0.3, -0.25) is 4.79 Å². The van der Waals surface area contributed by atoms with Crippen LogP contribution in [0.4, 0.5) is 18.9 Å². The Kier molecular flexibility index (Phi) is 5.35. The van der Waals surface area contributed by atoms with Gasteiger partial charge in [-0.05, 0) is 31.2 Å². The van der Waals surface area contributed by atoms with Crippen molar-refractivity contribution in [3.63, 3.8) is 0 Å². The maximum absolute atomic E-state index is 13.9. The lowest BCUT2D eigenvalue weighted by Crippen LogP contribution is -2.49. The summed E-state index contributed by atoms with van der Waals surface area (Å²) in [5, 5.41) is 0. The third kappa shape index (κ3) is 3.47. The van der Waals surface area contributed by atoms with E-state index in [0.29, 0.717) is 32.8 Å². The highest BCUT2D eigenvalue weighted by molar-refractivity contribution is 5.94. The molecule has 0 atom stereocenters. The fraction of sp³-hybridized carbons (Fsp3) is 0.316. The Morgan fingerprint density at radius 3 is 2.38 bits per heavy atom. The molecular formula is C19H19F3N2O2. The molecular weight excluding hydrogens is 345 g/mol. The van der Waals surface area contributed by atoms with E-state index in [0.717, 1.165) is 23.6 Å². The van der Waals surface area contributed by atoms with Crippen LogP contribution in [0.1, 0.15) is 17.3 Å². The number of nitrogens with zero attached hydrogens (tertiary/aromatic N) is 2. The van der Waals surface area contributed by atoms with Crippen LogP contribution in [0, 0.1) is 17.5 Å². The molecule has 0 spiro atoms. The summed E-state index contributed by atoms with van der Waals surface area (Å²) in [5.41, 5.74) is 0.479. The molecule has 1 fully saturated rings. The highest BCUT2D eigenvalue weighted by Crippen LogP contribution is 2.29. The molecule has 2 aromatic carbocycles. The van der Waals surface area contributed by atoms with Crippen LogP contribution in [-0.4, -0.2) is 43.6 Å². The molecule has 3 rings (SSSR count). The Morgan fingerprint density at radius 1 is 1.00 bits per heavy atom. The Hall–Kier alpha value is -2.70. The normalized spacial score (nSPS) is 14.5. The van der Waals surface area contributed by atoms with Crippen LogP contribution in [0.15, 0.2) is 36.4 Å². The molecule has 0 radical (unpaired) electrons. The van der Waals surface area contributed by atoms with Crippen molar-refractivity contribution in [2.45, 2.75) is 6.92 Å². The molecule has 0 aliphatic carbocycles. The van der Waals surface area contributed by atoms with E-state index in [1.54, 1.807) is 0 Å². The van der Waals surface area contributed by atoms with E-state index in [1.165, 1.54) is 4.90 Å². The average Bonchev–Trinajstić information content (AvgIpc) is 2.67. The monoisotopic (exact) mass is 364 g/mol. The van der Waals surface area contributed by atoms with Crippen molar-refractivity contribution in [2.24, 2.45) is 0 Å². The molecule has 138 valence electrons. The number of carbonyl (C=O) groups excluding carboxylic acids is 1. The van der Waals surface area contributed by atoms with Crippen LogP contribution in [0.3, 0.4) is 0 Å². The minimum atomic E-state index is -1.62. The number of amides is 1. The van der Waals surface area contributed by atoms with Crippen molar-refractivity contribution in [3.05, 3.63) is 59.4 Å². The summed E-state index contributed by atoms with van der Waals surface area (Å²) in [6.07, 6.45) is 0. The maximum atomic E-state index is 13.9. The SMILES string of the molecule is CCOc1ccccc1N1CCN(C(=O)c2ccc(F)c(F)c2F)CC1. The molecule has 1 saturated heterocycles. The second-order valence-electron chi connectivity index (χ2n) is 5.90. The topological polar surface area (TPSA) is 32.8 Å². The zero-order valence-corrected chi connectivity index (χ0v) is 14.3. The second kappa shape index (κ2) is 7.68. The molecule has 0 aromatic heterocycles. The largest absolute Gasteiger partial charge is 0.492 e. The van der Waals surface area contributed by atoms with Crippen LogP contribution < -0.4 is 9.64 Å². The predicted octanol–water partition coefficient (Wildman–Crippen LogP) is 3.47. The zero-order chi connectivity index (χ0) is 18.7. The average molecular weight is 364 g/mol. The van der Waals surface area contributed by atoms with Crippen molar-refractivity contribution < 1.29 is 22.7 Å². The Balaban J connectivity index is 1.71. The number of para-hydroxylation sites is 2. The number of hydrogen-bond acceptors (Lipinski definition) is 3. The molecule has 26 heavy (non-hydrogen) atoms. The number of halogens is 3. The molecule has 0 N–H and O–H groups in total. The molecule has 0 saturated carbocycles. The summed E-state index contributed by atoms with van der Waals surface area (Å²) in [4.78, 5) is 16.0. The molecule has 1 aliphatic heterocycles. The molecule has 1 heterocycles. The van der Waals surface area contributed by atoms with Crippen molar-refractivity contribution in [3.8, 4) is 5.75 Å². The first kappa shape index (κ1) is 18.1. The number of piperazine rings is 1. The first-order valence-electron chi connectivity index (χ1n) is 8.42. The summed E-state index contributed by atoms with van der Waals surface area (Å²) >= 11 is 0. The summed E-state index contributed by atoms with van der Waals surface area (Å²) in [6, 6.07) is 9.36. The summed E-state index contributed by atoms with van der Waals surface area (Å²) in [7, 11) is 0. The number of rotatable bonds is 4. The van der Waals surface area contributed by atoms with E-state index < -0.39 is 28.9 Å². The van der Waals surface area contributed by atoms with Gasteiger partial charge in [0.25, 0.3) is 5.91 Å². The fourth-order valence-electron chi connectivity index (χ4n) is 3.01. The van der Waals surface area contributed by atoms with Gasteiger partial charge in [-0.1, -0.05) is 12.1 Å². The molecule has 0 bridgehead atoms. The first-order valence-corrected chi connectivity index (χ1v) is 8.42. The fourth-order valence-corrected chi connectivity index (χ4v) is 3.01. The van der Waals surface area contributed by atoms with Crippen molar-refractivity contribution in [2.75, 3.05) is 37.7 Å². The quantitative estimate of drug-likeness (QED) is 0.779. The van der Waals surface area contributed by atoms with Crippen molar-refractivity contribution >= 4 is 11.6 Å². The van der Waals surface area contributed by atoms with Crippen LogP contribution in [0.2, 0.25) is 0 Å². The maximum Gasteiger partial charge on any atom is 0.257 e. The Morgan fingerprint density at radius 2 is 1.69 bits per heavy atom. The molecule has 1 aliphatic rings. The lowest BCUT2D eigenvalue weighted by molar-refractivity contribution is 0.0740. The van der Waals surface area contributed by atoms with Crippen LogP contribution >= 0.6 is 0 Å². The standard InChI is InChI=1S/C19H19F3N2O2/c1-2-26-16-6-4-3-5-15(16)23-9-11-24(12-10-23)19(25)13-7-8-14(20)18(22)17(13)21/h3-8H,2,9-12H2,1H3. The van der Waals surface area contributed by atoms with E-state index >= 15 is 0 Å². The lowest BCUT2D eigenvalue weighted by atomic mass is 10.1. The van der Waals surface area contributed by atoms with Crippen LogP contribution in [0.5, 0.6) is 5.75 Å². The minimum absolute atomic E-state index is 0.345. The summed E-state index contributed by atoms with van der Waals surface area (Å²) in [5.74, 6) is -4.25. The van der Waals surface area contributed by atoms with E-state index in [1.807, 2.05) is 31.2 Å². The van der Waals surface area contributed by atoms with E-state index in [9.17, 15) is 18.0 Å². The molecule has 7 heteroatoms. The number of benzene rings is 2. The zero-order valence-electron chi connectivity index (χ0n) is 14.3. The highest BCUT2D eigenvalue weighted by Gasteiger charge is 2.27. The van der Waals surface area contributed by atoms with Gasteiger partial charge in [0.15, 0.2) is 17.5 Å². The smallest absolute Gasteiger partial charge is 0.257 e. The van der Waals surface area contributed by atoms with Crippen LogP contribution in [-0.2, 0) is 0 Å². The second-order valence-corrected chi connectivity index (χ2v) is 5.90. The van der Waals surface area contributed by atoms with Gasteiger partial charge in [-0.2, -0.15) is 0 Å². The van der Waals surface area contributed by atoms with E-state index in [-0.39, 0.29) is 0 Å². The molecule has 0 unspecified atom stereocenters. The highest BCUT2D eigenvalue weighted by atomic mass is 19.2. The van der Waals surface area contributed by atoms with Crippen molar-refractivity contribution in [1.82, 2.24) is 4.90 Å². The number of ether oxygens (including phenoxy) is 1. The predicted molar refractivity (Wildman–Crippen MR) is 92.0 cm³/mol. The van der Waals surface area contributed by atoms with Gasteiger partial charge in [0.05, 0.1) is 17.9 Å². The van der Waals surface area contributed by atoms with Gasteiger partial charge in [0, 0.05) is 26.2 Å². The third-order valence-electron chi connectivity index (χ3n) is 4.34. The molecule has 2 aromatic rings. The number of anilines is 1. The van der Waals surface area contributed by atoms with Gasteiger partial charge >= 0.3 is 0 Å². The number of carbonyl (C=O) groups is 1. The van der Waals surface area contributed by atoms with Gasteiger partial charge in [-0.15, -0.1) is 0 Å². The summed E-state index contributed by atoms with van der Waals surface area (Å²) < 4.78 is 45.9. The molecule has 1 amide bonds. The Labute approximate surface area is 149 Å². The first-order chi connectivity index (χ1) is 12.5. The van der Waals surface area contributed by atoms with E-state index in [2.05, 4.69) is 4.90 Å². The van der Waals surface area contributed by atoms with Crippen LogP contribution in [0.25, 0.3) is 0 Å². The third-order valence-corrected chi connectivity index (χ3v) is 4.34. The minimum Gasteiger partial charge on any atom is -0.492 e. The van der Waals surface area contributed by atoms with Gasteiger partial charge in [0.1, 0.15) is 5.75 Å². The number of hydrogen-bond donors (Lipinski definition) is 0.